The van der Waals surface area contributed by atoms with E-state index in [0.717, 1.165) is 11.5 Å². The minimum absolute atomic E-state index is 0.167. The number of nitrogens with one attached hydrogen (secondary N) is 1. The molecular formula is C13H16FN4O3PS3. The Morgan fingerprint density at radius 3 is 3.04 bits per heavy atom. The molecule has 136 valence electrons. The Balaban J connectivity index is 1.54. The molecule has 0 aliphatic carbocycles. The Hall–Kier alpha value is -0.450. The van der Waals surface area contributed by atoms with Crippen molar-refractivity contribution in [3.05, 3.63) is 23.0 Å². The molecule has 0 spiro atoms. The van der Waals surface area contributed by atoms with Crippen LogP contribution in [0.15, 0.2) is 17.4 Å². The van der Waals surface area contributed by atoms with Gasteiger partial charge in [0.1, 0.15) is 0 Å². The van der Waals surface area contributed by atoms with Crippen molar-refractivity contribution >= 4 is 50.4 Å². The molecule has 7 nitrogen and oxygen atoms in total. The highest BCUT2D eigenvalue weighted by Crippen LogP contribution is 2.74. The number of halogens is 1. The second-order valence-corrected chi connectivity index (χ2v) is 16.6. The van der Waals surface area contributed by atoms with E-state index in [2.05, 4.69) is 15.0 Å². The van der Waals surface area contributed by atoms with Crippen LogP contribution in [0.2, 0.25) is 0 Å². The van der Waals surface area contributed by atoms with Gasteiger partial charge in [-0.1, -0.05) is 29.7 Å². The zero-order valence-corrected chi connectivity index (χ0v) is 16.5. The average Bonchev–Trinajstić information content (AvgIpc) is 3.27. The van der Waals surface area contributed by atoms with Gasteiger partial charge >= 0.3 is 0 Å². The molecule has 0 bridgehead atoms. The second kappa shape index (κ2) is 6.94. The number of fused-ring (bicyclic) bond motifs is 1. The molecule has 0 saturated carbocycles. The van der Waals surface area contributed by atoms with Crippen molar-refractivity contribution in [1.29, 1.82) is 0 Å². The number of H-pyrrole nitrogens is 1. The summed E-state index contributed by atoms with van der Waals surface area (Å²) in [6, 6.07) is 0. The van der Waals surface area contributed by atoms with E-state index in [4.69, 9.17) is 21.1 Å². The van der Waals surface area contributed by atoms with Crippen LogP contribution < -0.4 is 5.56 Å². The van der Waals surface area contributed by atoms with Crippen molar-refractivity contribution in [2.45, 2.75) is 25.4 Å². The van der Waals surface area contributed by atoms with E-state index < -0.39 is 23.2 Å². The fraction of sp³-hybridized carbons (Fsp3) is 0.615. The normalized spacial score (nSPS) is 31.8. The summed E-state index contributed by atoms with van der Waals surface area (Å²) >= 11 is 8.93. The Bertz CT molecular complexity index is 883. The molecule has 0 unspecified atom stereocenters. The number of ether oxygens (including phenoxy) is 1. The predicted molar refractivity (Wildman–Crippen MR) is 101 cm³/mol. The summed E-state index contributed by atoms with van der Waals surface area (Å²) in [7, 11) is 0. The lowest BCUT2D eigenvalue weighted by atomic mass is 10.0. The number of alkyl halides is 1. The third-order valence-corrected chi connectivity index (χ3v) is 14.2. The van der Waals surface area contributed by atoms with Crippen LogP contribution in [0.25, 0.3) is 11.2 Å². The van der Waals surface area contributed by atoms with Gasteiger partial charge in [-0.25, -0.2) is 14.4 Å². The van der Waals surface area contributed by atoms with Gasteiger partial charge in [-0.3, -0.25) is 9.36 Å². The number of imidazole rings is 1. The summed E-state index contributed by atoms with van der Waals surface area (Å²) in [6.07, 6.45) is 0.127. The van der Waals surface area contributed by atoms with E-state index in [1.54, 1.807) is 29.7 Å². The summed E-state index contributed by atoms with van der Waals surface area (Å²) in [5, 5.41) is 0. The maximum Gasteiger partial charge on any atom is 0.278 e. The molecule has 0 amide bonds. The van der Waals surface area contributed by atoms with Crippen molar-refractivity contribution in [2.75, 3.05) is 18.1 Å². The van der Waals surface area contributed by atoms with Crippen LogP contribution in [-0.4, -0.2) is 49.9 Å². The fourth-order valence-corrected chi connectivity index (χ4v) is 11.7. The molecule has 0 radical (unpaired) electrons. The van der Waals surface area contributed by atoms with Gasteiger partial charge in [0.05, 0.1) is 25.4 Å². The van der Waals surface area contributed by atoms with Crippen molar-refractivity contribution in [3.8, 4) is 0 Å². The van der Waals surface area contributed by atoms with Gasteiger partial charge in [0.15, 0.2) is 28.2 Å². The van der Waals surface area contributed by atoms with E-state index >= 15 is 0 Å². The second-order valence-electron chi connectivity index (χ2n) is 5.83. The van der Waals surface area contributed by atoms with Crippen molar-refractivity contribution in [3.63, 3.8) is 0 Å². The molecule has 4 heterocycles. The number of rotatable bonds is 4. The highest BCUT2D eigenvalue weighted by atomic mass is 33.2. The standard InChI is InChI=1S/C13H16FN4O3PS3/c1-7-8(4-20-22(23)24-2-3-25-22)21-13(9(7)14)18-6-17-10-11(18)15-5-16-12(10)19/h5-9,13H,2-4H2,1H3,(H,15,16,19)/t7-,8-,9-,13-/m1/s1. The maximum absolute atomic E-state index is 14.8. The van der Waals surface area contributed by atoms with Crippen LogP contribution in [0.3, 0.4) is 0 Å². The van der Waals surface area contributed by atoms with Gasteiger partial charge in [-0.2, -0.15) is 0 Å². The van der Waals surface area contributed by atoms with E-state index in [9.17, 15) is 9.18 Å². The first-order valence-electron chi connectivity index (χ1n) is 7.72. The maximum atomic E-state index is 14.8. The fourth-order valence-electron chi connectivity index (χ4n) is 2.88. The Morgan fingerprint density at radius 1 is 1.52 bits per heavy atom. The van der Waals surface area contributed by atoms with Crippen LogP contribution >= 0.6 is 27.4 Å². The van der Waals surface area contributed by atoms with Crippen LogP contribution in [-0.2, 0) is 21.1 Å². The molecule has 2 aliphatic heterocycles. The van der Waals surface area contributed by atoms with Gasteiger partial charge < -0.3 is 14.2 Å². The number of aromatic amines is 1. The molecule has 2 aromatic heterocycles. The van der Waals surface area contributed by atoms with E-state index in [-0.39, 0.29) is 23.6 Å². The smallest absolute Gasteiger partial charge is 0.278 e. The van der Waals surface area contributed by atoms with E-state index in [1.807, 2.05) is 0 Å². The molecule has 4 atom stereocenters. The molecule has 0 aromatic carbocycles. The Morgan fingerprint density at radius 2 is 2.28 bits per heavy atom. The van der Waals surface area contributed by atoms with Gasteiger partial charge in [0.25, 0.3) is 5.56 Å². The third kappa shape index (κ3) is 3.30. The molecule has 1 N–H and O–H groups in total. The largest absolute Gasteiger partial charge is 0.349 e. The number of hydrogen-bond donors (Lipinski definition) is 1. The Labute approximate surface area is 156 Å². The summed E-state index contributed by atoms with van der Waals surface area (Å²) in [5.74, 6) is 1.64. The predicted octanol–water partition coefficient (Wildman–Crippen LogP) is 2.71. The van der Waals surface area contributed by atoms with E-state index in [1.165, 1.54) is 17.2 Å². The zero-order valence-electron chi connectivity index (χ0n) is 13.2. The molecular weight excluding hydrogens is 406 g/mol. The lowest BCUT2D eigenvalue weighted by Gasteiger charge is -2.19. The first-order valence-corrected chi connectivity index (χ1v) is 13.6. The lowest BCUT2D eigenvalue weighted by Crippen LogP contribution is -2.22. The van der Waals surface area contributed by atoms with Gasteiger partial charge in [-0.15, -0.1) is 0 Å². The van der Waals surface area contributed by atoms with Crippen molar-refractivity contribution in [2.24, 2.45) is 5.92 Å². The first kappa shape index (κ1) is 17.9. The molecule has 2 saturated heterocycles. The summed E-state index contributed by atoms with van der Waals surface area (Å²) < 4.78 is 26.3. The number of hydrogen-bond acceptors (Lipinski definition) is 8. The summed E-state index contributed by atoms with van der Waals surface area (Å²) in [5.41, 5.74) is 0.109. The van der Waals surface area contributed by atoms with Crippen LogP contribution in [0.1, 0.15) is 13.2 Å². The highest BCUT2D eigenvalue weighted by Gasteiger charge is 2.45. The Kier molecular flexibility index (Phi) is 4.98. The topological polar surface area (TPSA) is 82.0 Å². The minimum Gasteiger partial charge on any atom is -0.349 e. The quantitative estimate of drug-likeness (QED) is 0.754. The number of nitrogens with zero attached hydrogens (tertiary/aromatic N) is 3. The SMILES string of the molecule is C[C@H]1[C@@H](F)[C@H](n2cnc3c(=O)[nH]cnc32)O[C@@H]1COP1(=S)SCCS1. The molecule has 2 aliphatic rings. The molecule has 2 aromatic rings. The number of aromatic nitrogens is 4. The molecule has 4 rings (SSSR count). The molecule has 25 heavy (non-hydrogen) atoms. The van der Waals surface area contributed by atoms with Crippen molar-refractivity contribution in [1.82, 2.24) is 19.5 Å². The molecule has 2 fully saturated rings. The zero-order chi connectivity index (χ0) is 17.6. The van der Waals surface area contributed by atoms with Crippen molar-refractivity contribution < 1.29 is 13.7 Å². The lowest BCUT2D eigenvalue weighted by molar-refractivity contribution is -0.0318. The minimum atomic E-state index is -1.91. The highest BCUT2D eigenvalue weighted by molar-refractivity contribution is 9.00. The monoisotopic (exact) mass is 422 g/mol. The molecule has 12 heteroatoms. The summed E-state index contributed by atoms with van der Waals surface area (Å²) in [4.78, 5) is 22.3. The van der Waals surface area contributed by atoms with Gasteiger partial charge in [-0.05, 0) is 11.8 Å². The van der Waals surface area contributed by atoms with Crippen LogP contribution in [0.5, 0.6) is 0 Å². The third-order valence-electron chi connectivity index (χ3n) is 4.29. The summed E-state index contributed by atoms with van der Waals surface area (Å²) in [6.45, 7) is 2.07. The average molecular weight is 422 g/mol. The van der Waals surface area contributed by atoms with Crippen LogP contribution in [0, 0.1) is 5.92 Å². The van der Waals surface area contributed by atoms with Crippen LogP contribution in [0.4, 0.5) is 4.39 Å². The van der Waals surface area contributed by atoms with Gasteiger partial charge in [0, 0.05) is 17.4 Å². The van der Waals surface area contributed by atoms with Gasteiger partial charge in [0.2, 0.25) is 0 Å². The first-order chi connectivity index (χ1) is 12.0. The van der Waals surface area contributed by atoms with E-state index in [0.29, 0.717) is 5.65 Å².